The lowest BCUT2D eigenvalue weighted by atomic mass is 10.0. The standard InChI is InChI=1S/C24H20O6/c1-28-18-10-8-17(9-11-18)22(24(27)29-2)15-20-13-12-19(30-20)14-21(23(25)26)16-6-4-3-5-7-16/h3-15H,1-2H3,(H,25,26). The predicted octanol–water partition coefficient (Wildman–Crippen LogP) is 4.63. The third-order valence-electron chi connectivity index (χ3n) is 4.34. The molecule has 1 aromatic heterocycles. The van der Waals surface area contributed by atoms with Crippen LogP contribution in [-0.2, 0) is 14.3 Å². The number of carbonyl (C=O) groups is 2. The maximum absolute atomic E-state index is 12.3. The first-order chi connectivity index (χ1) is 14.5. The van der Waals surface area contributed by atoms with Crippen LogP contribution in [-0.4, -0.2) is 31.3 Å². The quantitative estimate of drug-likeness (QED) is 0.457. The van der Waals surface area contributed by atoms with E-state index in [0.29, 0.717) is 34.0 Å². The molecule has 0 amide bonds. The maximum atomic E-state index is 12.3. The number of benzene rings is 2. The highest BCUT2D eigenvalue weighted by atomic mass is 16.5. The molecule has 0 unspecified atom stereocenters. The van der Waals surface area contributed by atoms with Crippen LogP contribution in [0.2, 0.25) is 0 Å². The number of rotatable bonds is 7. The molecule has 0 bridgehead atoms. The van der Waals surface area contributed by atoms with Crippen molar-refractivity contribution in [3.05, 3.63) is 89.4 Å². The van der Waals surface area contributed by atoms with Crippen molar-refractivity contribution in [2.24, 2.45) is 0 Å². The molecule has 30 heavy (non-hydrogen) atoms. The summed E-state index contributed by atoms with van der Waals surface area (Å²) in [5, 5.41) is 9.54. The van der Waals surface area contributed by atoms with E-state index in [-0.39, 0.29) is 5.57 Å². The van der Waals surface area contributed by atoms with E-state index < -0.39 is 11.9 Å². The summed E-state index contributed by atoms with van der Waals surface area (Å²) in [5.74, 6) is -0.195. The molecule has 0 spiro atoms. The van der Waals surface area contributed by atoms with Gasteiger partial charge in [0.05, 0.1) is 25.4 Å². The first-order valence-corrected chi connectivity index (χ1v) is 9.06. The molecule has 3 aromatic rings. The van der Waals surface area contributed by atoms with E-state index in [9.17, 15) is 14.7 Å². The first-order valence-electron chi connectivity index (χ1n) is 9.06. The molecule has 2 aromatic carbocycles. The third-order valence-corrected chi connectivity index (χ3v) is 4.34. The average molecular weight is 404 g/mol. The van der Waals surface area contributed by atoms with Crippen LogP contribution >= 0.6 is 0 Å². The van der Waals surface area contributed by atoms with Crippen molar-refractivity contribution in [2.75, 3.05) is 14.2 Å². The second-order valence-electron chi connectivity index (χ2n) is 6.25. The minimum Gasteiger partial charge on any atom is -0.497 e. The van der Waals surface area contributed by atoms with Gasteiger partial charge in [-0.05, 0) is 47.5 Å². The predicted molar refractivity (Wildman–Crippen MR) is 114 cm³/mol. The lowest BCUT2D eigenvalue weighted by Gasteiger charge is -2.06. The lowest BCUT2D eigenvalue weighted by molar-refractivity contribution is -0.133. The topological polar surface area (TPSA) is 86.0 Å². The lowest BCUT2D eigenvalue weighted by Crippen LogP contribution is -2.03. The summed E-state index contributed by atoms with van der Waals surface area (Å²) in [4.78, 5) is 23.9. The zero-order valence-electron chi connectivity index (χ0n) is 16.5. The van der Waals surface area contributed by atoms with Crippen LogP contribution in [0, 0.1) is 0 Å². The number of esters is 1. The normalized spacial score (nSPS) is 11.8. The van der Waals surface area contributed by atoms with E-state index in [1.807, 2.05) is 6.07 Å². The van der Waals surface area contributed by atoms with Gasteiger partial charge in [0.2, 0.25) is 0 Å². The summed E-state index contributed by atoms with van der Waals surface area (Å²) < 4.78 is 15.8. The monoisotopic (exact) mass is 404 g/mol. The zero-order chi connectivity index (χ0) is 21.5. The fourth-order valence-electron chi connectivity index (χ4n) is 2.83. The number of hydrogen-bond donors (Lipinski definition) is 1. The van der Waals surface area contributed by atoms with Crippen LogP contribution in [0.15, 0.2) is 71.1 Å². The van der Waals surface area contributed by atoms with Crippen molar-refractivity contribution in [2.45, 2.75) is 0 Å². The van der Waals surface area contributed by atoms with Gasteiger partial charge in [-0.25, -0.2) is 9.59 Å². The number of ether oxygens (including phenoxy) is 2. The summed E-state index contributed by atoms with van der Waals surface area (Å²) in [7, 11) is 2.86. The fraction of sp³-hybridized carbons (Fsp3) is 0.0833. The Bertz CT molecular complexity index is 1090. The largest absolute Gasteiger partial charge is 0.497 e. The molecule has 0 atom stereocenters. The Balaban J connectivity index is 1.96. The van der Waals surface area contributed by atoms with Crippen LogP contribution < -0.4 is 4.74 Å². The zero-order valence-corrected chi connectivity index (χ0v) is 16.5. The van der Waals surface area contributed by atoms with Gasteiger partial charge in [-0.3, -0.25) is 0 Å². The number of furan rings is 1. The number of carboxylic acids is 1. The third kappa shape index (κ3) is 4.86. The molecule has 152 valence electrons. The smallest absolute Gasteiger partial charge is 0.338 e. The minimum absolute atomic E-state index is 0.101. The molecule has 0 saturated carbocycles. The van der Waals surface area contributed by atoms with Gasteiger partial charge in [0.1, 0.15) is 17.3 Å². The SMILES string of the molecule is COC(=O)C(=Cc1ccc(C=C(C(=O)O)c2ccccc2)o1)c1ccc(OC)cc1. The van der Waals surface area contributed by atoms with Gasteiger partial charge in [0.25, 0.3) is 0 Å². The highest BCUT2D eigenvalue weighted by molar-refractivity contribution is 6.21. The van der Waals surface area contributed by atoms with Gasteiger partial charge < -0.3 is 19.0 Å². The van der Waals surface area contributed by atoms with Gasteiger partial charge in [-0.2, -0.15) is 0 Å². The highest BCUT2D eigenvalue weighted by Gasteiger charge is 2.15. The molecule has 1 N–H and O–H groups in total. The van der Waals surface area contributed by atoms with Crippen LogP contribution in [0.3, 0.4) is 0 Å². The Labute approximate surface area is 173 Å². The molecule has 0 aliphatic carbocycles. The Morgan fingerprint density at radius 1 is 0.800 bits per heavy atom. The average Bonchev–Trinajstić information content (AvgIpc) is 3.23. The summed E-state index contributed by atoms with van der Waals surface area (Å²) in [6.07, 6.45) is 2.99. The second kappa shape index (κ2) is 9.43. The van der Waals surface area contributed by atoms with Crippen LogP contribution in [0.5, 0.6) is 5.75 Å². The van der Waals surface area contributed by atoms with Gasteiger partial charge >= 0.3 is 11.9 Å². The highest BCUT2D eigenvalue weighted by Crippen LogP contribution is 2.25. The molecule has 0 fully saturated rings. The van der Waals surface area contributed by atoms with Crippen molar-refractivity contribution < 1.29 is 28.6 Å². The number of aliphatic carboxylic acids is 1. The molecular formula is C24H20O6. The second-order valence-corrected chi connectivity index (χ2v) is 6.25. The number of carbonyl (C=O) groups excluding carboxylic acids is 1. The number of methoxy groups -OCH3 is 2. The number of carboxylic acid groups (broad SMARTS) is 1. The van der Waals surface area contributed by atoms with Crippen LogP contribution in [0.4, 0.5) is 0 Å². The molecular weight excluding hydrogens is 384 g/mol. The summed E-state index contributed by atoms with van der Waals surface area (Å²) in [5.41, 5.74) is 1.59. The summed E-state index contributed by atoms with van der Waals surface area (Å²) in [6, 6.07) is 19.0. The van der Waals surface area contributed by atoms with Crippen molar-refractivity contribution in [1.29, 1.82) is 0 Å². The molecule has 0 radical (unpaired) electrons. The van der Waals surface area contributed by atoms with E-state index in [4.69, 9.17) is 13.9 Å². The first kappa shape index (κ1) is 20.7. The molecule has 0 saturated heterocycles. The number of hydrogen-bond acceptors (Lipinski definition) is 5. The Kier molecular flexibility index (Phi) is 6.49. The van der Waals surface area contributed by atoms with Crippen LogP contribution in [0.1, 0.15) is 22.6 Å². The summed E-state index contributed by atoms with van der Waals surface area (Å²) in [6.45, 7) is 0. The van der Waals surface area contributed by atoms with E-state index >= 15 is 0 Å². The van der Waals surface area contributed by atoms with E-state index in [0.717, 1.165) is 0 Å². The summed E-state index contributed by atoms with van der Waals surface area (Å²) >= 11 is 0. The van der Waals surface area contributed by atoms with Gasteiger partial charge in [-0.15, -0.1) is 0 Å². The van der Waals surface area contributed by atoms with E-state index in [2.05, 4.69) is 0 Å². The maximum Gasteiger partial charge on any atom is 0.338 e. The fourth-order valence-corrected chi connectivity index (χ4v) is 2.83. The Morgan fingerprint density at radius 3 is 1.90 bits per heavy atom. The molecule has 0 aliphatic rings. The van der Waals surface area contributed by atoms with Gasteiger partial charge in [0.15, 0.2) is 0 Å². The Hall–Kier alpha value is -4.06. The van der Waals surface area contributed by atoms with Crippen molar-refractivity contribution >= 4 is 35.2 Å². The molecule has 6 nitrogen and oxygen atoms in total. The van der Waals surface area contributed by atoms with Crippen molar-refractivity contribution in [3.63, 3.8) is 0 Å². The molecule has 1 heterocycles. The molecule has 3 rings (SSSR count). The molecule has 6 heteroatoms. The molecule has 0 aliphatic heterocycles. The van der Waals surface area contributed by atoms with Crippen molar-refractivity contribution in [1.82, 2.24) is 0 Å². The van der Waals surface area contributed by atoms with Crippen LogP contribution in [0.25, 0.3) is 23.3 Å². The van der Waals surface area contributed by atoms with E-state index in [1.54, 1.807) is 73.8 Å². The minimum atomic E-state index is -1.07. The van der Waals surface area contributed by atoms with E-state index in [1.165, 1.54) is 13.2 Å². The van der Waals surface area contributed by atoms with Crippen molar-refractivity contribution in [3.8, 4) is 5.75 Å². The Morgan fingerprint density at radius 2 is 1.37 bits per heavy atom. The van der Waals surface area contributed by atoms with Gasteiger partial charge in [0, 0.05) is 0 Å². The van der Waals surface area contributed by atoms with Gasteiger partial charge in [-0.1, -0.05) is 42.5 Å².